The first-order chi connectivity index (χ1) is 9.67. The number of nitrogens with one attached hydrogen (secondary N) is 1. The van der Waals surface area contributed by atoms with Crippen LogP contribution < -0.4 is 10.1 Å². The quantitative estimate of drug-likeness (QED) is 0.906. The van der Waals surface area contributed by atoms with Gasteiger partial charge in [0.05, 0.1) is 18.5 Å². The zero-order chi connectivity index (χ0) is 14.5. The van der Waals surface area contributed by atoms with Crippen molar-refractivity contribution in [1.82, 2.24) is 15.0 Å². The van der Waals surface area contributed by atoms with E-state index in [4.69, 9.17) is 4.74 Å². The Morgan fingerprint density at radius 1 is 1.15 bits per heavy atom. The molecule has 0 saturated heterocycles. The van der Waals surface area contributed by atoms with Gasteiger partial charge in [0.25, 0.3) is 0 Å². The Labute approximate surface area is 119 Å². The first kappa shape index (κ1) is 14.2. The molecular formula is C15H20N4O. The molecule has 0 aliphatic rings. The van der Waals surface area contributed by atoms with Crippen LogP contribution in [-0.2, 0) is 0 Å². The first-order valence-corrected chi connectivity index (χ1v) is 6.75. The molecule has 0 spiro atoms. The van der Waals surface area contributed by atoms with Crippen molar-refractivity contribution in [2.45, 2.75) is 27.2 Å². The monoisotopic (exact) mass is 272 g/mol. The molecule has 106 valence electrons. The van der Waals surface area contributed by atoms with Gasteiger partial charge in [0, 0.05) is 12.7 Å². The zero-order valence-electron chi connectivity index (χ0n) is 12.4. The third-order valence-electron chi connectivity index (χ3n) is 3.06. The van der Waals surface area contributed by atoms with Crippen LogP contribution in [0.1, 0.15) is 24.7 Å². The number of rotatable bonds is 5. The van der Waals surface area contributed by atoms with Crippen molar-refractivity contribution in [3.63, 3.8) is 0 Å². The van der Waals surface area contributed by atoms with E-state index in [0.717, 1.165) is 35.9 Å². The maximum absolute atomic E-state index is 5.37. The summed E-state index contributed by atoms with van der Waals surface area (Å²) in [5, 5.41) is 3.31. The lowest BCUT2D eigenvalue weighted by atomic mass is 10.2. The fraction of sp³-hybridized carbons (Fsp3) is 0.400. The molecule has 0 amide bonds. The largest absolute Gasteiger partial charge is 0.494 e. The summed E-state index contributed by atoms with van der Waals surface area (Å²) in [6, 6.07) is 3.72. The van der Waals surface area contributed by atoms with Gasteiger partial charge in [-0.1, -0.05) is 6.92 Å². The van der Waals surface area contributed by atoms with Crippen LogP contribution in [0.15, 0.2) is 18.3 Å². The molecule has 1 N–H and O–H groups in total. The summed E-state index contributed by atoms with van der Waals surface area (Å²) < 4.78 is 5.37. The standard InChI is InChI=1S/C15H20N4O/c1-5-8-17-15-14(18-10(2)11(3)19-15)13-12(20-4)7-6-9-16-13/h6-7,9H,5,8H2,1-4H3,(H,17,19). The Morgan fingerprint density at radius 3 is 2.60 bits per heavy atom. The number of hydrogen-bond acceptors (Lipinski definition) is 5. The summed E-state index contributed by atoms with van der Waals surface area (Å²) in [6.07, 6.45) is 2.76. The molecule has 2 aromatic rings. The van der Waals surface area contributed by atoms with Crippen molar-refractivity contribution in [3.05, 3.63) is 29.7 Å². The second-order valence-corrected chi connectivity index (χ2v) is 4.57. The highest BCUT2D eigenvalue weighted by atomic mass is 16.5. The highest BCUT2D eigenvalue weighted by molar-refractivity contribution is 5.73. The van der Waals surface area contributed by atoms with E-state index in [-0.39, 0.29) is 0 Å². The predicted octanol–water partition coefficient (Wildman–Crippen LogP) is 2.99. The van der Waals surface area contributed by atoms with Crippen LogP contribution >= 0.6 is 0 Å². The normalized spacial score (nSPS) is 10.4. The maximum atomic E-state index is 5.37. The maximum Gasteiger partial charge on any atom is 0.154 e. The van der Waals surface area contributed by atoms with Crippen LogP contribution in [-0.4, -0.2) is 28.6 Å². The minimum Gasteiger partial charge on any atom is -0.494 e. The van der Waals surface area contributed by atoms with Crippen molar-refractivity contribution >= 4 is 5.82 Å². The van der Waals surface area contributed by atoms with Gasteiger partial charge in [-0.2, -0.15) is 0 Å². The van der Waals surface area contributed by atoms with E-state index in [1.807, 2.05) is 26.0 Å². The molecule has 0 aliphatic heterocycles. The van der Waals surface area contributed by atoms with Gasteiger partial charge in [0.15, 0.2) is 5.82 Å². The van der Waals surface area contributed by atoms with Gasteiger partial charge < -0.3 is 10.1 Å². The lowest BCUT2D eigenvalue weighted by Crippen LogP contribution is -2.08. The van der Waals surface area contributed by atoms with Crippen molar-refractivity contribution in [2.75, 3.05) is 19.0 Å². The van der Waals surface area contributed by atoms with Gasteiger partial charge in [-0.15, -0.1) is 0 Å². The van der Waals surface area contributed by atoms with Gasteiger partial charge >= 0.3 is 0 Å². The van der Waals surface area contributed by atoms with Crippen molar-refractivity contribution in [3.8, 4) is 17.1 Å². The summed E-state index contributed by atoms with van der Waals surface area (Å²) in [6.45, 7) is 6.87. The Morgan fingerprint density at radius 2 is 1.90 bits per heavy atom. The van der Waals surface area contributed by atoms with E-state index in [2.05, 4.69) is 27.2 Å². The number of pyridine rings is 1. The van der Waals surface area contributed by atoms with Crippen molar-refractivity contribution < 1.29 is 4.74 Å². The third kappa shape index (κ3) is 2.87. The van der Waals surface area contributed by atoms with Crippen LogP contribution in [0.5, 0.6) is 5.75 Å². The highest BCUT2D eigenvalue weighted by Crippen LogP contribution is 2.30. The molecular weight excluding hydrogens is 252 g/mol. The molecule has 2 rings (SSSR count). The Balaban J connectivity index is 2.56. The highest BCUT2D eigenvalue weighted by Gasteiger charge is 2.16. The number of ether oxygens (including phenoxy) is 1. The zero-order valence-corrected chi connectivity index (χ0v) is 12.4. The number of nitrogens with zero attached hydrogens (tertiary/aromatic N) is 3. The fourth-order valence-corrected chi connectivity index (χ4v) is 1.87. The molecule has 0 aliphatic carbocycles. The molecule has 5 heteroatoms. The second kappa shape index (κ2) is 6.32. The number of aryl methyl sites for hydroxylation is 2. The topological polar surface area (TPSA) is 59.9 Å². The van der Waals surface area contributed by atoms with Crippen LogP contribution in [0, 0.1) is 13.8 Å². The SMILES string of the molecule is CCCNc1nc(C)c(C)nc1-c1ncccc1OC. The third-order valence-corrected chi connectivity index (χ3v) is 3.06. The Hall–Kier alpha value is -2.17. The van der Waals surface area contributed by atoms with Gasteiger partial charge in [-0.3, -0.25) is 4.98 Å². The van der Waals surface area contributed by atoms with Crippen LogP contribution in [0.25, 0.3) is 11.4 Å². The summed E-state index contributed by atoms with van der Waals surface area (Å²) in [5.74, 6) is 1.46. The predicted molar refractivity (Wildman–Crippen MR) is 80.1 cm³/mol. The smallest absolute Gasteiger partial charge is 0.154 e. The van der Waals surface area contributed by atoms with Gasteiger partial charge in [-0.05, 0) is 32.4 Å². The van der Waals surface area contributed by atoms with E-state index in [1.54, 1.807) is 13.3 Å². The molecule has 0 aromatic carbocycles. The van der Waals surface area contributed by atoms with Crippen LogP contribution in [0.4, 0.5) is 5.82 Å². The second-order valence-electron chi connectivity index (χ2n) is 4.57. The number of aromatic nitrogens is 3. The lowest BCUT2D eigenvalue weighted by Gasteiger charge is -2.13. The summed E-state index contributed by atoms with van der Waals surface area (Å²) in [5.41, 5.74) is 3.26. The van der Waals surface area contributed by atoms with E-state index in [0.29, 0.717) is 11.4 Å². The number of hydrogen-bond donors (Lipinski definition) is 1. The Kier molecular flexibility index (Phi) is 4.50. The van der Waals surface area contributed by atoms with Gasteiger partial charge in [-0.25, -0.2) is 9.97 Å². The van der Waals surface area contributed by atoms with E-state index < -0.39 is 0 Å². The van der Waals surface area contributed by atoms with E-state index in [9.17, 15) is 0 Å². The molecule has 2 aromatic heterocycles. The molecule has 0 bridgehead atoms. The van der Waals surface area contributed by atoms with Gasteiger partial charge in [0.2, 0.25) is 0 Å². The summed E-state index contributed by atoms with van der Waals surface area (Å²) in [4.78, 5) is 13.6. The number of anilines is 1. The van der Waals surface area contributed by atoms with Crippen LogP contribution in [0.3, 0.4) is 0 Å². The minimum absolute atomic E-state index is 0.699. The summed E-state index contributed by atoms with van der Waals surface area (Å²) in [7, 11) is 1.63. The van der Waals surface area contributed by atoms with E-state index in [1.165, 1.54) is 0 Å². The molecule has 0 fully saturated rings. The minimum atomic E-state index is 0.699. The first-order valence-electron chi connectivity index (χ1n) is 6.75. The molecule has 0 atom stereocenters. The lowest BCUT2D eigenvalue weighted by molar-refractivity contribution is 0.414. The number of methoxy groups -OCH3 is 1. The van der Waals surface area contributed by atoms with Crippen molar-refractivity contribution in [2.24, 2.45) is 0 Å². The molecule has 0 saturated carbocycles. The average molecular weight is 272 g/mol. The molecule has 0 radical (unpaired) electrons. The fourth-order valence-electron chi connectivity index (χ4n) is 1.87. The summed E-state index contributed by atoms with van der Waals surface area (Å²) >= 11 is 0. The molecule has 0 unspecified atom stereocenters. The van der Waals surface area contributed by atoms with Crippen molar-refractivity contribution in [1.29, 1.82) is 0 Å². The van der Waals surface area contributed by atoms with Gasteiger partial charge in [0.1, 0.15) is 17.1 Å². The average Bonchev–Trinajstić information content (AvgIpc) is 2.48. The molecule has 20 heavy (non-hydrogen) atoms. The molecule has 2 heterocycles. The Bertz CT molecular complexity index is 598. The molecule has 5 nitrogen and oxygen atoms in total. The van der Waals surface area contributed by atoms with E-state index >= 15 is 0 Å². The van der Waals surface area contributed by atoms with Crippen LogP contribution in [0.2, 0.25) is 0 Å².